The van der Waals surface area contributed by atoms with E-state index in [0.29, 0.717) is 15.6 Å². The fraction of sp³-hybridized carbons (Fsp3) is 0.188. The van der Waals surface area contributed by atoms with Crippen LogP contribution in [0.1, 0.15) is 37.3 Å². The zero-order valence-electron chi connectivity index (χ0n) is 13.3. The average molecular weight is 463 g/mol. The summed E-state index contributed by atoms with van der Waals surface area (Å²) in [6.07, 6.45) is 0. The molecule has 0 N–H and O–H groups in total. The van der Waals surface area contributed by atoms with Gasteiger partial charge in [-0.05, 0) is 6.92 Å². The summed E-state index contributed by atoms with van der Waals surface area (Å²) in [5, 5.41) is 10.5. The van der Waals surface area contributed by atoms with Crippen LogP contribution in [0.2, 0.25) is 20.1 Å². The number of thiazole rings is 1. The predicted molar refractivity (Wildman–Crippen MR) is 102 cm³/mol. The van der Waals surface area contributed by atoms with Crippen LogP contribution in [0.4, 0.5) is 0 Å². The molecule has 2 aromatic rings. The SMILES string of the molecule is Cc1csc(C(C#N)C(=O)CN2C(=O)c3c(Cl)c(Cl)c(Cl)c(Cl)c3C2=O)n1. The molecule has 1 atom stereocenters. The second-order valence-corrected chi connectivity index (χ2v) is 7.96. The van der Waals surface area contributed by atoms with E-state index in [0.717, 1.165) is 11.3 Å². The van der Waals surface area contributed by atoms with Gasteiger partial charge in [0.2, 0.25) is 0 Å². The average Bonchev–Trinajstić information content (AvgIpc) is 3.15. The molecular weight excluding hydrogens is 456 g/mol. The molecule has 1 aromatic heterocycles. The van der Waals surface area contributed by atoms with Crippen LogP contribution in [0.3, 0.4) is 0 Å². The first-order valence-corrected chi connectivity index (χ1v) is 9.64. The summed E-state index contributed by atoms with van der Waals surface area (Å²) in [6.45, 7) is 1.09. The largest absolute Gasteiger partial charge is 0.296 e. The molecule has 2 amide bonds. The Labute approximate surface area is 177 Å². The number of halogens is 4. The standard InChI is InChI=1S/C16H7Cl4N3O3S/c1-5-4-27-14(22-5)6(2-21)7(24)3-23-15(25)8-9(16(23)26)11(18)13(20)12(19)10(8)17/h4,6H,3H2,1H3. The maximum absolute atomic E-state index is 12.6. The smallest absolute Gasteiger partial charge is 0.263 e. The number of aromatic nitrogens is 1. The highest BCUT2D eigenvalue weighted by molar-refractivity contribution is 7.09. The summed E-state index contributed by atoms with van der Waals surface area (Å²) in [7, 11) is 0. The van der Waals surface area contributed by atoms with Gasteiger partial charge >= 0.3 is 0 Å². The molecule has 0 fully saturated rings. The third-order valence-corrected chi connectivity index (χ3v) is 6.66. The molecule has 0 aliphatic carbocycles. The fourth-order valence-corrected chi connectivity index (χ4v) is 4.43. The zero-order chi connectivity index (χ0) is 20.0. The number of aryl methyl sites for hydroxylation is 1. The van der Waals surface area contributed by atoms with Crippen molar-refractivity contribution >= 4 is 75.3 Å². The maximum atomic E-state index is 12.6. The Hall–Kier alpha value is -1.69. The number of ketones is 1. The molecule has 27 heavy (non-hydrogen) atoms. The number of carbonyl (C=O) groups excluding carboxylic acids is 3. The monoisotopic (exact) mass is 461 g/mol. The Balaban J connectivity index is 1.95. The number of fused-ring (bicyclic) bond motifs is 1. The quantitative estimate of drug-likeness (QED) is 0.378. The van der Waals surface area contributed by atoms with E-state index in [1.54, 1.807) is 12.3 Å². The molecular formula is C16H7Cl4N3O3S. The van der Waals surface area contributed by atoms with Crippen molar-refractivity contribution in [3.63, 3.8) is 0 Å². The molecule has 11 heteroatoms. The van der Waals surface area contributed by atoms with Crippen LogP contribution in [0.5, 0.6) is 0 Å². The third-order valence-electron chi connectivity index (χ3n) is 3.83. The van der Waals surface area contributed by atoms with Gasteiger partial charge in [0, 0.05) is 11.1 Å². The molecule has 1 aliphatic rings. The lowest BCUT2D eigenvalue weighted by Gasteiger charge is -2.14. The van der Waals surface area contributed by atoms with Crippen molar-refractivity contribution in [1.82, 2.24) is 9.88 Å². The van der Waals surface area contributed by atoms with Gasteiger partial charge in [-0.25, -0.2) is 4.98 Å². The molecule has 0 spiro atoms. The number of amides is 2. The van der Waals surface area contributed by atoms with Crippen molar-refractivity contribution in [3.8, 4) is 6.07 Å². The van der Waals surface area contributed by atoms with Crippen molar-refractivity contribution in [2.24, 2.45) is 0 Å². The first kappa shape index (κ1) is 20.1. The summed E-state index contributed by atoms with van der Waals surface area (Å²) in [5.74, 6) is -3.53. The van der Waals surface area contributed by atoms with Gasteiger partial charge in [-0.3, -0.25) is 19.3 Å². The highest BCUT2D eigenvalue weighted by Gasteiger charge is 2.43. The van der Waals surface area contributed by atoms with Gasteiger partial charge in [-0.1, -0.05) is 46.4 Å². The Morgan fingerprint density at radius 1 is 1.15 bits per heavy atom. The van der Waals surface area contributed by atoms with E-state index < -0.39 is 30.1 Å². The van der Waals surface area contributed by atoms with Gasteiger partial charge in [0.25, 0.3) is 11.8 Å². The van der Waals surface area contributed by atoms with Gasteiger partial charge in [0.05, 0.1) is 43.8 Å². The molecule has 3 rings (SSSR count). The summed E-state index contributed by atoms with van der Waals surface area (Å²) in [5.41, 5.74) is 0.228. The maximum Gasteiger partial charge on any atom is 0.263 e. The van der Waals surface area contributed by atoms with Crippen molar-refractivity contribution in [2.75, 3.05) is 6.54 Å². The van der Waals surface area contributed by atoms with Crippen LogP contribution in [0.25, 0.3) is 0 Å². The van der Waals surface area contributed by atoms with Gasteiger partial charge in [0.15, 0.2) is 11.7 Å². The fourth-order valence-electron chi connectivity index (χ4n) is 2.56. The molecule has 0 saturated carbocycles. The van der Waals surface area contributed by atoms with E-state index in [4.69, 9.17) is 46.4 Å². The van der Waals surface area contributed by atoms with E-state index >= 15 is 0 Å². The van der Waals surface area contributed by atoms with Crippen molar-refractivity contribution < 1.29 is 14.4 Å². The lowest BCUT2D eigenvalue weighted by atomic mass is 10.1. The Bertz CT molecular complexity index is 1010. The predicted octanol–water partition coefficient (Wildman–Crippen LogP) is 4.54. The lowest BCUT2D eigenvalue weighted by molar-refractivity contribution is -0.119. The van der Waals surface area contributed by atoms with Crippen molar-refractivity contribution in [3.05, 3.63) is 47.3 Å². The van der Waals surface area contributed by atoms with E-state index in [9.17, 15) is 19.6 Å². The van der Waals surface area contributed by atoms with Gasteiger partial charge in [0.1, 0.15) is 5.01 Å². The summed E-state index contributed by atoms with van der Waals surface area (Å²) >= 11 is 25.1. The van der Waals surface area contributed by atoms with E-state index in [-0.39, 0.29) is 31.2 Å². The second-order valence-electron chi connectivity index (χ2n) is 5.56. The van der Waals surface area contributed by atoms with Crippen LogP contribution in [-0.2, 0) is 4.79 Å². The van der Waals surface area contributed by atoms with Crippen molar-refractivity contribution in [2.45, 2.75) is 12.8 Å². The first-order valence-electron chi connectivity index (χ1n) is 7.25. The van der Waals surface area contributed by atoms with E-state index in [1.165, 1.54) is 0 Å². The molecule has 1 aromatic carbocycles. The number of imide groups is 1. The molecule has 138 valence electrons. The number of hydrogen-bond donors (Lipinski definition) is 0. The molecule has 0 radical (unpaired) electrons. The summed E-state index contributed by atoms with van der Waals surface area (Å²) in [4.78, 5) is 42.6. The molecule has 0 bridgehead atoms. The first-order chi connectivity index (χ1) is 12.7. The molecule has 1 aliphatic heterocycles. The van der Waals surface area contributed by atoms with Gasteiger partial charge < -0.3 is 0 Å². The minimum atomic E-state index is -1.20. The van der Waals surface area contributed by atoms with Crippen molar-refractivity contribution in [1.29, 1.82) is 5.26 Å². The summed E-state index contributed by atoms with van der Waals surface area (Å²) < 4.78 is 0. The van der Waals surface area contributed by atoms with Crippen LogP contribution >= 0.6 is 57.7 Å². The number of carbonyl (C=O) groups is 3. The van der Waals surface area contributed by atoms with E-state index in [2.05, 4.69) is 4.98 Å². The minimum absolute atomic E-state index is 0.162. The number of hydrogen-bond acceptors (Lipinski definition) is 6. The van der Waals surface area contributed by atoms with Gasteiger partial charge in [-0.2, -0.15) is 5.26 Å². The van der Waals surface area contributed by atoms with Crippen LogP contribution in [0, 0.1) is 18.3 Å². The molecule has 1 unspecified atom stereocenters. The third kappa shape index (κ3) is 3.22. The normalized spacial score (nSPS) is 14.3. The number of rotatable bonds is 4. The highest BCUT2D eigenvalue weighted by Crippen LogP contribution is 2.44. The Kier molecular flexibility index (Phi) is 5.48. The van der Waals surface area contributed by atoms with Crippen LogP contribution in [0.15, 0.2) is 5.38 Å². The lowest BCUT2D eigenvalue weighted by Crippen LogP contribution is -2.36. The number of nitriles is 1. The molecule has 6 nitrogen and oxygen atoms in total. The minimum Gasteiger partial charge on any atom is -0.296 e. The zero-order valence-corrected chi connectivity index (χ0v) is 17.2. The second kappa shape index (κ2) is 7.38. The van der Waals surface area contributed by atoms with Crippen LogP contribution in [-0.4, -0.2) is 34.0 Å². The number of nitrogens with zero attached hydrogens (tertiary/aromatic N) is 3. The van der Waals surface area contributed by atoms with Gasteiger partial charge in [-0.15, -0.1) is 11.3 Å². The summed E-state index contributed by atoms with van der Waals surface area (Å²) in [6, 6.07) is 1.85. The topological polar surface area (TPSA) is 91.1 Å². The Morgan fingerprint density at radius 2 is 1.67 bits per heavy atom. The number of benzene rings is 1. The number of Topliss-reactive ketones (excluding diaryl/α,β-unsaturated/α-hetero) is 1. The van der Waals surface area contributed by atoms with Crippen LogP contribution < -0.4 is 0 Å². The Morgan fingerprint density at radius 3 is 2.07 bits per heavy atom. The highest BCUT2D eigenvalue weighted by atomic mass is 35.5. The van der Waals surface area contributed by atoms with E-state index in [1.807, 2.05) is 6.07 Å². The molecule has 2 heterocycles. The molecule has 0 saturated heterocycles.